The number of halogens is 1. The van der Waals surface area contributed by atoms with Crippen LogP contribution in [0.4, 0.5) is 5.82 Å². The van der Waals surface area contributed by atoms with Crippen molar-refractivity contribution in [3.05, 3.63) is 46.6 Å². The number of nitrogens with zero attached hydrogens (tertiary/aromatic N) is 3. The lowest BCUT2D eigenvalue weighted by Gasteiger charge is -2.20. The Morgan fingerprint density at radius 3 is 2.95 bits per heavy atom. The number of fused-ring (bicyclic) bond motifs is 1. The van der Waals surface area contributed by atoms with Crippen molar-refractivity contribution in [3.63, 3.8) is 0 Å². The largest absolute Gasteiger partial charge is 0.325 e. The van der Waals surface area contributed by atoms with Crippen LogP contribution in [0.5, 0.6) is 0 Å². The number of benzene rings is 1. The predicted molar refractivity (Wildman–Crippen MR) is 73.6 cm³/mol. The molecule has 0 radical (unpaired) electrons. The zero-order valence-electron chi connectivity index (χ0n) is 10.2. The standard InChI is InChI=1S/C13H11ClN4O/c1-18-13-9(6-15-18)11(7-19)16-12(17-13)8-4-2-3-5-10(8)14/h2-7,11H,1H3,(H,16,17). The Morgan fingerprint density at radius 1 is 1.42 bits per heavy atom. The summed E-state index contributed by atoms with van der Waals surface area (Å²) in [6.45, 7) is 0. The topological polar surface area (TPSA) is 59.3 Å². The summed E-state index contributed by atoms with van der Waals surface area (Å²) in [5.74, 6) is 1.35. The molecule has 1 aromatic carbocycles. The summed E-state index contributed by atoms with van der Waals surface area (Å²) >= 11 is 6.16. The highest BCUT2D eigenvalue weighted by molar-refractivity contribution is 6.35. The van der Waals surface area contributed by atoms with Gasteiger partial charge in [-0.1, -0.05) is 23.7 Å². The molecular formula is C13H11ClN4O. The number of aldehydes is 1. The summed E-state index contributed by atoms with van der Waals surface area (Å²) in [6, 6.07) is 6.83. The van der Waals surface area contributed by atoms with Gasteiger partial charge in [0.25, 0.3) is 0 Å². The molecule has 5 nitrogen and oxygen atoms in total. The molecule has 0 spiro atoms. The fourth-order valence-corrected chi connectivity index (χ4v) is 2.30. The van der Waals surface area contributed by atoms with Crippen molar-refractivity contribution in [1.29, 1.82) is 0 Å². The van der Waals surface area contributed by atoms with E-state index < -0.39 is 6.04 Å². The summed E-state index contributed by atoms with van der Waals surface area (Å²) in [6.07, 6.45) is 2.45. The maximum Gasteiger partial charge on any atom is 0.149 e. The van der Waals surface area contributed by atoms with Crippen LogP contribution < -0.4 is 5.32 Å². The molecular weight excluding hydrogens is 264 g/mol. The van der Waals surface area contributed by atoms with Gasteiger partial charge in [0.05, 0.1) is 11.2 Å². The van der Waals surface area contributed by atoms with Gasteiger partial charge in [0.2, 0.25) is 0 Å². The molecule has 0 fully saturated rings. The second-order valence-electron chi connectivity index (χ2n) is 4.24. The second kappa shape index (κ2) is 4.51. The van der Waals surface area contributed by atoms with Crippen LogP contribution in [-0.4, -0.2) is 21.9 Å². The van der Waals surface area contributed by atoms with Crippen LogP contribution in [0.3, 0.4) is 0 Å². The highest BCUT2D eigenvalue weighted by atomic mass is 35.5. The molecule has 19 heavy (non-hydrogen) atoms. The van der Waals surface area contributed by atoms with Gasteiger partial charge in [-0.2, -0.15) is 5.10 Å². The number of hydrogen-bond donors (Lipinski definition) is 1. The highest BCUT2D eigenvalue weighted by Crippen LogP contribution is 2.30. The second-order valence-corrected chi connectivity index (χ2v) is 4.64. The van der Waals surface area contributed by atoms with E-state index >= 15 is 0 Å². The molecule has 6 heteroatoms. The predicted octanol–water partition coefficient (Wildman–Crippen LogP) is 2.19. The summed E-state index contributed by atoms with van der Waals surface area (Å²) in [5.41, 5.74) is 1.54. The number of amidine groups is 1. The van der Waals surface area contributed by atoms with E-state index in [0.717, 1.165) is 23.2 Å². The third-order valence-corrected chi connectivity index (χ3v) is 3.38. The summed E-state index contributed by atoms with van der Waals surface area (Å²) in [7, 11) is 1.81. The van der Waals surface area contributed by atoms with Crippen LogP contribution >= 0.6 is 11.6 Å². The van der Waals surface area contributed by atoms with Gasteiger partial charge in [0.15, 0.2) is 0 Å². The zero-order valence-corrected chi connectivity index (χ0v) is 10.9. The summed E-state index contributed by atoms with van der Waals surface area (Å²) in [5, 5.41) is 7.90. The van der Waals surface area contributed by atoms with Crippen molar-refractivity contribution >= 4 is 29.5 Å². The molecule has 1 aliphatic heterocycles. The Bertz CT molecular complexity index is 677. The summed E-state index contributed by atoms with van der Waals surface area (Å²) in [4.78, 5) is 15.6. The fraction of sp³-hybridized carbons (Fsp3) is 0.154. The van der Waals surface area contributed by atoms with Gasteiger partial charge in [0, 0.05) is 18.2 Å². The van der Waals surface area contributed by atoms with Crippen LogP contribution in [0.25, 0.3) is 0 Å². The highest BCUT2D eigenvalue weighted by Gasteiger charge is 2.25. The minimum Gasteiger partial charge on any atom is -0.325 e. The van der Waals surface area contributed by atoms with E-state index in [-0.39, 0.29) is 0 Å². The van der Waals surface area contributed by atoms with Crippen LogP contribution in [0.1, 0.15) is 17.2 Å². The van der Waals surface area contributed by atoms with Gasteiger partial charge in [0.1, 0.15) is 24.0 Å². The molecule has 1 unspecified atom stereocenters. The quantitative estimate of drug-likeness (QED) is 0.854. The molecule has 1 aliphatic rings. The molecule has 2 aromatic rings. The van der Waals surface area contributed by atoms with E-state index in [4.69, 9.17) is 11.6 Å². The Labute approximate surface area is 114 Å². The van der Waals surface area contributed by atoms with Gasteiger partial charge in [-0.25, -0.2) is 0 Å². The smallest absolute Gasteiger partial charge is 0.149 e. The van der Waals surface area contributed by atoms with E-state index in [2.05, 4.69) is 15.4 Å². The Balaban J connectivity index is 2.10. The lowest BCUT2D eigenvalue weighted by atomic mass is 10.1. The van der Waals surface area contributed by atoms with Crippen molar-refractivity contribution in [1.82, 2.24) is 9.78 Å². The van der Waals surface area contributed by atoms with E-state index in [9.17, 15) is 4.79 Å². The van der Waals surface area contributed by atoms with E-state index in [1.807, 2.05) is 25.2 Å². The number of nitrogens with one attached hydrogen (secondary N) is 1. The number of carbonyl (C=O) groups excluding carboxylic acids is 1. The first-order valence-electron chi connectivity index (χ1n) is 5.77. The molecule has 3 rings (SSSR count). The van der Waals surface area contributed by atoms with Crippen LogP contribution in [-0.2, 0) is 11.8 Å². The Hall–Kier alpha value is -2.14. The first-order valence-corrected chi connectivity index (χ1v) is 6.15. The van der Waals surface area contributed by atoms with Crippen LogP contribution in [0, 0.1) is 0 Å². The number of anilines is 1. The maximum atomic E-state index is 11.2. The van der Waals surface area contributed by atoms with Crippen molar-refractivity contribution < 1.29 is 4.79 Å². The number of aromatic nitrogens is 2. The van der Waals surface area contributed by atoms with Crippen LogP contribution in [0.15, 0.2) is 35.5 Å². The molecule has 2 heterocycles. The molecule has 0 amide bonds. The molecule has 0 bridgehead atoms. The summed E-state index contributed by atoms with van der Waals surface area (Å²) < 4.78 is 1.68. The van der Waals surface area contributed by atoms with E-state index in [0.29, 0.717) is 10.9 Å². The van der Waals surface area contributed by atoms with Crippen molar-refractivity contribution in [2.24, 2.45) is 12.0 Å². The number of rotatable bonds is 2. The number of carbonyl (C=O) groups is 1. The maximum absolute atomic E-state index is 11.2. The molecule has 96 valence electrons. The first-order chi connectivity index (χ1) is 9.20. The SMILES string of the molecule is Cn1ncc2c1NC(c1ccccc1Cl)=NC2C=O. The average Bonchev–Trinajstić information content (AvgIpc) is 2.80. The lowest BCUT2D eigenvalue weighted by Crippen LogP contribution is -2.23. The third kappa shape index (κ3) is 1.92. The van der Waals surface area contributed by atoms with Gasteiger partial charge < -0.3 is 10.1 Å². The third-order valence-electron chi connectivity index (χ3n) is 3.05. The van der Waals surface area contributed by atoms with Gasteiger partial charge >= 0.3 is 0 Å². The fourth-order valence-electron chi connectivity index (χ4n) is 2.07. The molecule has 1 aromatic heterocycles. The molecule has 1 atom stereocenters. The Kier molecular flexibility index (Phi) is 2.83. The van der Waals surface area contributed by atoms with Crippen molar-refractivity contribution in [3.8, 4) is 0 Å². The molecule has 0 aliphatic carbocycles. The van der Waals surface area contributed by atoms with E-state index in [1.165, 1.54) is 0 Å². The van der Waals surface area contributed by atoms with Crippen molar-refractivity contribution in [2.45, 2.75) is 6.04 Å². The first kappa shape index (κ1) is 11.9. The van der Waals surface area contributed by atoms with Crippen molar-refractivity contribution in [2.75, 3.05) is 5.32 Å². The average molecular weight is 275 g/mol. The molecule has 0 saturated heterocycles. The van der Waals surface area contributed by atoms with Gasteiger partial charge in [-0.15, -0.1) is 0 Å². The van der Waals surface area contributed by atoms with E-state index in [1.54, 1.807) is 16.9 Å². The molecule has 0 saturated carbocycles. The van der Waals surface area contributed by atoms with Gasteiger partial charge in [-0.05, 0) is 12.1 Å². The lowest BCUT2D eigenvalue weighted by molar-refractivity contribution is -0.108. The minimum atomic E-state index is -0.545. The monoisotopic (exact) mass is 274 g/mol. The number of aliphatic imine (C=N–C) groups is 1. The number of hydrogen-bond acceptors (Lipinski definition) is 4. The van der Waals surface area contributed by atoms with Crippen LogP contribution in [0.2, 0.25) is 5.02 Å². The number of aryl methyl sites for hydroxylation is 1. The van der Waals surface area contributed by atoms with Gasteiger partial charge in [-0.3, -0.25) is 9.67 Å². The minimum absolute atomic E-state index is 0.545. The zero-order chi connectivity index (χ0) is 13.4. The Morgan fingerprint density at radius 2 is 2.21 bits per heavy atom. The normalized spacial score (nSPS) is 17.4. The molecule has 1 N–H and O–H groups in total.